The summed E-state index contributed by atoms with van der Waals surface area (Å²) in [5.74, 6) is 0.785. The van der Waals surface area contributed by atoms with Gasteiger partial charge in [0.05, 0.1) is 17.8 Å². The molecule has 0 saturated heterocycles. The first-order valence-corrected chi connectivity index (χ1v) is 13.2. The van der Waals surface area contributed by atoms with Gasteiger partial charge in [-0.05, 0) is 36.0 Å². The molecule has 0 amide bonds. The molecule has 1 saturated carbocycles. The lowest BCUT2D eigenvalue weighted by Crippen LogP contribution is -2.40. The van der Waals surface area contributed by atoms with Crippen molar-refractivity contribution in [3.8, 4) is 11.3 Å². The van der Waals surface area contributed by atoms with Crippen molar-refractivity contribution in [2.24, 2.45) is 0 Å². The zero-order valence-corrected chi connectivity index (χ0v) is 20.1. The molecule has 3 aromatic carbocycles. The van der Waals surface area contributed by atoms with Crippen molar-refractivity contribution in [2.45, 2.75) is 55.0 Å². The summed E-state index contributed by atoms with van der Waals surface area (Å²) in [4.78, 5) is 19.6. The van der Waals surface area contributed by atoms with Gasteiger partial charge in [0.1, 0.15) is 0 Å². The van der Waals surface area contributed by atoms with E-state index in [9.17, 15) is 4.79 Å². The maximum Gasteiger partial charge on any atom is 0.258 e. The van der Waals surface area contributed by atoms with Gasteiger partial charge in [-0.1, -0.05) is 110 Å². The Labute approximate surface area is 204 Å². The van der Waals surface area contributed by atoms with E-state index >= 15 is 0 Å². The van der Waals surface area contributed by atoms with Gasteiger partial charge in [-0.25, -0.2) is 4.98 Å². The molecule has 1 spiro atoms. The number of fused-ring (bicyclic) bond motifs is 4. The fraction of sp³-hybridized carbons (Fsp3) is 0.267. The van der Waals surface area contributed by atoms with Crippen LogP contribution in [0, 0.1) is 0 Å². The quantitative estimate of drug-likeness (QED) is 0.246. The molecule has 170 valence electrons. The fourth-order valence-electron chi connectivity index (χ4n) is 5.78. The fourth-order valence-corrected chi connectivity index (χ4v) is 6.73. The molecule has 1 aromatic heterocycles. The number of thioether (sulfide) groups is 1. The Kier molecular flexibility index (Phi) is 5.62. The smallest absolute Gasteiger partial charge is 0.258 e. The standard InChI is InChI=1S/C30H28N2OS/c33-28-26-27(25-16-8-7-15-24(25)19-30(26)17-9-10-18-30)31-29(34-21-23-13-5-2-6-14-23)32(28)20-22-11-3-1-4-12-22/h1-8,11-16H,9-10,17-21H2. The van der Waals surface area contributed by atoms with E-state index in [2.05, 4.69) is 60.7 Å². The van der Waals surface area contributed by atoms with Crippen LogP contribution in [0.1, 0.15) is 47.9 Å². The molecule has 4 heteroatoms. The number of hydrogen-bond acceptors (Lipinski definition) is 3. The Hall–Kier alpha value is -3.11. The minimum absolute atomic E-state index is 0.0746. The maximum absolute atomic E-state index is 14.3. The minimum Gasteiger partial charge on any atom is -0.283 e. The van der Waals surface area contributed by atoms with Crippen LogP contribution in [0.5, 0.6) is 0 Å². The van der Waals surface area contributed by atoms with Crippen LogP contribution in [0.15, 0.2) is 94.9 Å². The molecule has 6 rings (SSSR count). The first-order chi connectivity index (χ1) is 16.7. The molecule has 1 heterocycles. The number of rotatable bonds is 5. The number of hydrogen-bond donors (Lipinski definition) is 0. The first-order valence-electron chi connectivity index (χ1n) is 12.2. The molecular weight excluding hydrogens is 436 g/mol. The Morgan fingerprint density at radius 1 is 0.824 bits per heavy atom. The highest BCUT2D eigenvalue weighted by Gasteiger charge is 2.44. The Morgan fingerprint density at radius 3 is 2.21 bits per heavy atom. The summed E-state index contributed by atoms with van der Waals surface area (Å²) in [6.07, 6.45) is 5.48. The van der Waals surface area contributed by atoms with Crippen LogP contribution >= 0.6 is 11.8 Å². The van der Waals surface area contributed by atoms with E-state index in [1.54, 1.807) is 11.8 Å². The topological polar surface area (TPSA) is 34.9 Å². The average molecular weight is 465 g/mol. The van der Waals surface area contributed by atoms with E-state index in [1.807, 2.05) is 28.8 Å². The molecule has 0 radical (unpaired) electrons. The van der Waals surface area contributed by atoms with Crippen molar-refractivity contribution in [1.29, 1.82) is 0 Å². The second kappa shape index (κ2) is 8.92. The van der Waals surface area contributed by atoms with Crippen LogP contribution in [-0.2, 0) is 24.1 Å². The lowest BCUT2D eigenvalue weighted by atomic mass is 9.68. The summed E-state index contributed by atoms with van der Waals surface area (Å²) in [7, 11) is 0. The highest BCUT2D eigenvalue weighted by Crippen LogP contribution is 2.50. The molecule has 0 N–H and O–H groups in total. The van der Waals surface area contributed by atoms with Crippen LogP contribution in [-0.4, -0.2) is 9.55 Å². The summed E-state index contributed by atoms with van der Waals surface area (Å²) in [6.45, 7) is 0.550. The van der Waals surface area contributed by atoms with Gasteiger partial charge in [0.15, 0.2) is 5.16 Å². The summed E-state index contributed by atoms with van der Waals surface area (Å²) < 4.78 is 1.94. The van der Waals surface area contributed by atoms with Gasteiger partial charge in [0, 0.05) is 16.7 Å². The first kappa shape index (κ1) is 21.4. The molecule has 34 heavy (non-hydrogen) atoms. The largest absolute Gasteiger partial charge is 0.283 e. The van der Waals surface area contributed by atoms with E-state index in [4.69, 9.17) is 4.98 Å². The third kappa shape index (κ3) is 3.80. The number of aromatic nitrogens is 2. The summed E-state index contributed by atoms with van der Waals surface area (Å²) >= 11 is 1.66. The lowest BCUT2D eigenvalue weighted by molar-refractivity contribution is 0.417. The lowest BCUT2D eigenvalue weighted by Gasteiger charge is -2.36. The van der Waals surface area contributed by atoms with Gasteiger partial charge in [-0.15, -0.1) is 0 Å². The Morgan fingerprint density at radius 2 is 1.47 bits per heavy atom. The molecule has 0 atom stereocenters. The van der Waals surface area contributed by atoms with Crippen molar-refractivity contribution in [1.82, 2.24) is 9.55 Å². The molecule has 2 aliphatic rings. The molecule has 3 nitrogen and oxygen atoms in total. The Balaban J connectivity index is 1.53. The molecule has 0 aliphatic heterocycles. The zero-order valence-electron chi connectivity index (χ0n) is 19.2. The van der Waals surface area contributed by atoms with Crippen molar-refractivity contribution in [2.75, 3.05) is 0 Å². The van der Waals surface area contributed by atoms with E-state index in [0.717, 1.165) is 52.6 Å². The summed E-state index contributed by atoms with van der Waals surface area (Å²) in [5, 5.41) is 0.807. The van der Waals surface area contributed by atoms with Gasteiger partial charge in [0.2, 0.25) is 0 Å². The van der Waals surface area contributed by atoms with E-state index < -0.39 is 0 Å². The maximum atomic E-state index is 14.3. The SMILES string of the molecule is O=c1c2c(nc(SCc3ccccc3)n1Cc1ccccc1)-c1ccccc1CC21CCCC1. The zero-order chi connectivity index (χ0) is 23.0. The monoisotopic (exact) mass is 464 g/mol. The third-order valence-electron chi connectivity index (χ3n) is 7.42. The van der Waals surface area contributed by atoms with Gasteiger partial charge < -0.3 is 0 Å². The molecular formula is C30H28N2OS. The van der Waals surface area contributed by atoms with Crippen molar-refractivity contribution < 1.29 is 0 Å². The number of benzene rings is 3. The van der Waals surface area contributed by atoms with Crippen molar-refractivity contribution >= 4 is 11.8 Å². The van der Waals surface area contributed by atoms with Gasteiger partial charge in [-0.2, -0.15) is 0 Å². The molecule has 0 unspecified atom stereocenters. The summed E-state index contributed by atoms with van der Waals surface area (Å²) in [5.41, 5.74) is 6.81. The van der Waals surface area contributed by atoms with Crippen LogP contribution in [0.25, 0.3) is 11.3 Å². The van der Waals surface area contributed by atoms with Crippen LogP contribution in [0.4, 0.5) is 0 Å². The van der Waals surface area contributed by atoms with Gasteiger partial charge in [0.25, 0.3) is 5.56 Å². The summed E-state index contributed by atoms with van der Waals surface area (Å²) in [6, 6.07) is 29.3. The predicted molar refractivity (Wildman–Crippen MR) is 139 cm³/mol. The van der Waals surface area contributed by atoms with Crippen LogP contribution in [0.2, 0.25) is 0 Å². The average Bonchev–Trinajstić information content (AvgIpc) is 3.34. The van der Waals surface area contributed by atoms with Gasteiger partial charge in [-0.3, -0.25) is 9.36 Å². The van der Waals surface area contributed by atoms with E-state index in [0.29, 0.717) is 6.54 Å². The molecule has 0 bridgehead atoms. The van der Waals surface area contributed by atoms with E-state index in [-0.39, 0.29) is 11.0 Å². The second-order valence-electron chi connectivity index (χ2n) is 9.59. The van der Waals surface area contributed by atoms with Gasteiger partial charge >= 0.3 is 0 Å². The Bertz CT molecular complexity index is 1370. The normalized spacial score (nSPS) is 15.8. The molecule has 1 fully saturated rings. The number of nitrogens with zero attached hydrogens (tertiary/aromatic N) is 2. The highest BCUT2D eigenvalue weighted by molar-refractivity contribution is 7.98. The van der Waals surface area contributed by atoms with Crippen molar-refractivity contribution in [3.05, 3.63) is 118 Å². The molecule has 4 aromatic rings. The van der Waals surface area contributed by atoms with E-state index in [1.165, 1.54) is 24.0 Å². The second-order valence-corrected chi connectivity index (χ2v) is 10.5. The molecule has 2 aliphatic carbocycles. The van der Waals surface area contributed by atoms with Crippen LogP contribution < -0.4 is 5.56 Å². The highest BCUT2D eigenvalue weighted by atomic mass is 32.2. The van der Waals surface area contributed by atoms with Crippen molar-refractivity contribution in [3.63, 3.8) is 0 Å². The predicted octanol–water partition coefficient (Wildman–Crippen LogP) is 6.62. The third-order valence-corrected chi connectivity index (χ3v) is 8.47. The van der Waals surface area contributed by atoms with Crippen LogP contribution in [0.3, 0.4) is 0 Å². The minimum atomic E-state index is -0.0746.